The number of nitrogen functional groups attached to an aromatic ring is 1. The van der Waals surface area contributed by atoms with Crippen LogP contribution in [0.15, 0.2) is 12.3 Å². The maximum atomic E-state index is 9.16. The molecule has 0 atom stereocenters. The molecule has 0 radical (unpaired) electrons. The molecule has 2 N–H and O–H groups in total. The van der Waals surface area contributed by atoms with E-state index < -0.39 is 0 Å². The van der Waals surface area contributed by atoms with E-state index in [0.29, 0.717) is 17.2 Å². The third-order valence-corrected chi connectivity index (χ3v) is 3.30. The lowest BCUT2D eigenvalue weighted by Crippen LogP contribution is -2.47. The molecule has 1 saturated heterocycles. The molecule has 0 aliphatic carbocycles. The second kappa shape index (κ2) is 5.89. The van der Waals surface area contributed by atoms with Crippen molar-refractivity contribution in [3.8, 4) is 6.07 Å². The minimum absolute atomic E-state index is 0.541. The van der Waals surface area contributed by atoms with Crippen LogP contribution in [-0.2, 0) is 0 Å². The maximum absolute atomic E-state index is 9.16. The number of aromatic nitrogens is 1. The Labute approximate surface area is 114 Å². The van der Waals surface area contributed by atoms with E-state index in [4.69, 9.17) is 11.0 Å². The molecule has 5 nitrogen and oxygen atoms in total. The first-order valence-corrected chi connectivity index (χ1v) is 6.73. The molecule has 5 heteroatoms. The summed E-state index contributed by atoms with van der Waals surface area (Å²) in [5.41, 5.74) is 6.78. The average molecular weight is 259 g/mol. The highest BCUT2D eigenvalue weighted by Crippen LogP contribution is 2.20. The molecule has 2 heterocycles. The van der Waals surface area contributed by atoms with Gasteiger partial charge in [0.15, 0.2) is 0 Å². The Morgan fingerprint density at radius 3 is 2.63 bits per heavy atom. The summed E-state index contributed by atoms with van der Waals surface area (Å²) in [6.45, 7) is 9.48. The van der Waals surface area contributed by atoms with Gasteiger partial charge in [0.1, 0.15) is 11.9 Å². The number of nitriles is 1. The highest BCUT2D eigenvalue weighted by Gasteiger charge is 2.20. The van der Waals surface area contributed by atoms with Gasteiger partial charge in [-0.2, -0.15) is 5.26 Å². The van der Waals surface area contributed by atoms with E-state index in [2.05, 4.69) is 34.7 Å². The molecule has 0 saturated carbocycles. The molecule has 1 aromatic heterocycles. The standard InChI is InChI=1S/C14H21N5/c1-11(2)10-18-3-5-19(6-4-18)14-12(8-15)7-13(16)9-17-14/h7,9,11H,3-6,10,16H2,1-2H3. The van der Waals surface area contributed by atoms with Gasteiger partial charge in [-0.15, -0.1) is 0 Å². The van der Waals surface area contributed by atoms with Crippen LogP contribution in [0.1, 0.15) is 19.4 Å². The number of hydrogen-bond acceptors (Lipinski definition) is 5. The highest BCUT2D eigenvalue weighted by molar-refractivity contribution is 5.59. The number of nitrogens with zero attached hydrogens (tertiary/aromatic N) is 4. The van der Waals surface area contributed by atoms with E-state index in [1.165, 1.54) is 0 Å². The quantitative estimate of drug-likeness (QED) is 0.886. The molecule has 0 spiro atoms. The zero-order valence-corrected chi connectivity index (χ0v) is 11.6. The molecule has 0 unspecified atom stereocenters. The Morgan fingerprint density at radius 2 is 2.05 bits per heavy atom. The van der Waals surface area contributed by atoms with Gasteiger partial charge in [-0.1, -0.05) is 13.8 Å². The van der Waals surface area contributed by atoms with E-state index in [1.54, 1.807) is 12.3 Å². The molecule has 0 bridgehead atoms. The van der Waals surface area contributed by atoms with Gasteiger partial charge in [-0.3, -0.25) is 4.90 Å². The minimum atomic E-state index is 0.541. The fourth-order valence-electron chi connectivity index (χ4n) is 2.47. The van der Waals surface area contributed by atoms with E-state index in [9.17, 15) is 0 Å². The van der Waals surface area contributed by atoms with Gasteiger partial charge in [0, 0.05) is 32.7 Å². The average Bonchev–Trinajstić information content (AvgIpc) is 2.39. The van der Waals surface area contributed by atoms with Gasteiger partial charge in [0.25, 0.3) is 0 Å². The van der Waals surface area contributed by atoms with Crippen molar-refractivity contribution in [2.75, 3.05) is 43.4 Å². The fourth-order valence-corrected chi connectivity index (χ4v) is 2.47. The van der Waals surface area contributed by atoms with E-state index in [1.807, 2.05) is 0 Å². The molecule has 1 aliphatic heterocycles. The van der Waals surface area contributed by atoms with E-state index in [0.717, 1.165) is 38.5 Å². The molecule has 19 heavy (non-hydrogen) atoms. The van der Waals surface area contributed by atoms with Crippen LogP contribution >= 0.6 is 0 Å². The van der Waals surface area contributed by atoms with E-state index >= 15 is 0 Å². The maximum Gasteiger partial charge on any atom is 0.146 e. The van der Waals surface area contributed by atoms with Crippen LogP contribution in [0.3, 0.4) is 0 Å². The van der Waals surface area contributed by atoms with Crippen LogP contribution < -0.4 is 10.6 Å². The van der Waals surface area contributed by atoms with Gasteiger partial charge < -0.3 is 10.6 Å². The first-order chi connectivity index (χ1) is 9.10. The van der Waals surface area contributed by atoms with Crippen molar-refractivity contribution in [1.82, 2.24) is 9.88 Å². The second-order valence-corrected chi connectivity index (χ2v) is 5.43. The van der Waals surface area contributed by atoms with Crippen molar-refractivity contribution in [3.05, 3.63) is 17.8 Å². The highest BCUT2D eigenvalue weighted by atomic mass is 15.3. The molecule has 2 rings (SSSR count). The Morgan fingerprint density at radius 1 is 1.37 bits per heavy atom. The topological polar surface area (TPSA) is 69.2 Å². The number of nitrogens with two attached hydrogens (primary N) is 1. The largest absolute Gasteiger partial charge is 0.397 e. The predicted octanol–water partition coefficient (Wildman–Crippen LogP) is 1.31. The third kappa shape index (κ3) is 3.36. The third-order valence-electron chi connectivity index (χ3n) is 3.30. The number of hydrogen-bond donors (Lipinski definition) is 1. The number of anilines is 2. The Hall–Kier alpha value is -1.80. The number of rotatable bonds is 3. The van der Waals surface area contributed by atoms with Gasteiger partial charge in [0.2, 0.25) is 0 Å². The van der Waals surface area contributed by atoms with Crippen molar-refractivity contribution in [3.63, 3.8) is 0 Å². The van der Waals surface area contributed by atoms with Crippen LogP contribution in [0.5, 0.6) is 0 Å². The van der Waals surface area contributed by atoms with Crippen molar-refractivity contribution < 1.29 is 0 Å². The zero-order chi connectivity index (χ0) is 13.8. The monoisotopic (exact) mass is 259 g/mol. The molecule has 1 fully saturated rings. The van der Waals surface area contributed by atoms with Crippen LogP contribution in [0, 0.1) is 17.2 Å². The Balaban J connectivity index is 2.04. The van der Waals surface area contributed by atoms with E-state index in [-0.39, 0.29) is 0 Å². The Bertz CT molecular complexity index is 469. The van der Waals surface area contributed by atoms with Gasteiger partial charge >= 0.3 is 0 Å². The minimum Gasteiger partial charge on any atom is -0.397 e. The SMILES string of the molecule is CC(C)CN1CCN(c2ncc(N)cc2C#N)CC1. The van der Waals surface area contributed by atoms with Gasteiger partial charge in [-0.05, 0) is 12.0 Å². The van der Waals surface area contributed by atoms with Gasteiger partial charge in [-0.25, -0.2) is 4.98 Å². The summed E-state index contributed by atoms with van der Waals surface area (Å²) in [5, 5.41) is 9.16. The van der Waals surface area contributed by atoms with Crippen LogP contribution in [0.4, 0.5) is 11.5 Å². The normalized spacial score (nSPS) is 16.6. The summed E-state index contributed by atoms with van der Waals surface area (Å²) >= 11 is 0. The summed E-state index contributed by atoms with van der Waals surface area (Å²) < 4.78 is 0. The van der Waals surface area contributed by atoms with Gasteiger partial charge in [0.05, 0.1) is 17.4 Å². The summed E-state index contributed by atoms with van der Waals surface area (Å²) in [6, 6.07) is 3.88. The molecule has 102 valence electrons. The van der Waals surface area contributed by atoms with Crippen molar-refractivity contribution in [2.45, 2.75) is 13.8 Å². The molecule has 1 aromatic rings. The number of piperazine rings is 1. The summed E-state index contributed by atoms with van der Waals surface area (Å²) in [4.78, 5) is 8.96. The van der Waals surface area contributed by atoms with Crippen LogP contribution in [0.25, 0.3) is 0 Å². The summed E-state index contributed by atoms with van der Waals surface area (Å²) in [5.74, 6) is 1.46. The molecular weight excluding hydrogens is 238 g/mol. The molecule has 0 amide bonds. The lowest BCUT2D eigenvalue weighted by molar-refractivity contribution is 0.231. The second-order valence-electron chi connectivity index (χ2n) is 5.43. The lowest BCUT2D eigenvalue weighted by atomic mass is 10.2. The summed E-state index contributed by atoms with van der Waals surface area (Å²) in [7, 11) is 0. The first-order valence-electron chi connectivity index (χ1n) is 6.73. The smallest absolute Gasteiger partial charge is 0.146 e. The van der Waals surface area contributed by atoms with Crippen LogP contribution in [0.2, 0.25) is 0 Å². The Kier molecular flexibility index (Phi) is 4.23. The lowest BCUT2D eigenvalue weighted by Gasteiger charge is -2.36. The zero-order valence-electron chi connectivity index (χ0n) is 11.6. The molecule has 0 aromatic carbocycles. The summed E-state index contributed by atoms with van der Waals surface area (Å²) in [6.07, 6.45) is 1.62. The molecular formula is C14H21N5. The van der Waals surface area contributed by atoms with Crippen molar-refractivity contribution in [1.29, 1.82) is 5.26 Å². The molecule has 1 aliphatic rings. The van der Waals surface area contributed by atoms with Crippen LogP contribution in [-0.4, -0.2) is 42.6 Å². The van der Waals surface area contributed by atoms with Crippen molar-refractivity contribution in [2.24, 2.45) is 5.92 Å². The predicted molar refractivity (Wildman–Crippen MR) is 76.9 cm³/mol. The van der Waals surface area contributed by atoms with Crippen molar-refractivity contribution >= 4 is 11.5 Å². The number of pyridine rings is 1. The fraction of sp³-hybridized carbons (Fsp3) is 0.571. The first kappa shape index (κ1) is 13.6.